The molecule has 3 aliphatic rings. The molecule has 1 aliphatic carbocycles. The van der Waals surface area contributed by atoms with Crippen LogP contribution in [0.25, 0.3) is 5.52 Å². The summed E-state index contributed by atoms with van der Waals surface area (Å²) in [4.78, 5) is 14.7. The number of alkyl halides is 3. The minimum absolute atomic E-state index is 0.0461. The van der Waals surface area contributed by atoms with Gasteiger partial charge in [-0.2, -0.15) is 18.3 Å². The second-order valence-corrected chi connectivity index (χ2v) is 10.2. The largest absolute Gasteiger partial charge is 0.433 e. The van der Waals surface area contributed by atoms with Crippen LogP contribution in [-0.2, 0) is 15.7 Å². The number of carbonyl (C=O) groups excluding carboxylic acids is 1. The van der Waals surface area contributed by atoms with Gasteiger partial charge in [0.05, 0.1) is 23.8 Å². The van der Waals surface area contributed by atoms with Crippen molar-refractivity contribution in [3.05, 3.63) is 34.1 Å². The number of likely N-dealkylation sites (tertiary alicyclic amines) is 1. The molecule has 0 N–H and O–H groups in total. The number of fused-ring (bicyclic) bond motifs is 1. The fourth-order valence-electron chi connectivity index (χ4n) is 4.36. The summed E-state index contributed by atoms with van der Waals surface area (Å²) in [6.45, 7) is 5.97. The summed E-state index contributed by atoms with van der Waals surface area (Å²) in [5.41, 5.74) is -0.436. The topological polar surface area (TPSA) is 56.1 Å². The van der Waals surface area contributed by atoms with Crippen LogP contribution in [0.15, 0.2) is 12.1 Å². The van der Waals surface area contributed by atoms with E-state index in [2.05, 4.69) is 18.9 Å². The molecule has 6 nitrogen and oxygen atoms in total. The Labute approximate surface area is 188 Å². The third-order valence-electron chi connectivity index (χ3n) is 6.50. The van der Waals surface area contributed by atoms with Crippen molar-refractivity contribution in [3.63, 3.8) is 0 Å². The van der Waals surface area contributed by atoms with Crippen LogP contribution in [0.5, 0.6) is 0 Å². The third kappa shape index (κ3) is 3.88. The molecule has 1 saturated carbocycles. The van der Waals surface area contributed by atoms with Crippen molar-refractivity contribution in [3.8, 4) is 0 Å². The first-order valence-corrected chi connectivity index (χ1v) is 11.2. The summed E-state index contributed by atoms with van der Waals surface area (Å²) in [5, 5.41) is 3.96. The van der Waals surface area contributed by atoms with Gasteiger partial charge in [-0.1, -0.05) is 25.4 Å². The van der Waals surface area contributed by atoms with E-state index in [1.807, 2.05) is 0 Å². The second-order valence-electron chi connectivity index (χ2n) is 9.85. The van der Waals surface area contributed by atoms with Crippen LogP contribution in [0.3, 0.4) is 0 Å². The van der Waals surface area contributed by atoms with Crippen molar-refractivity contribution in [1.29, 1.82) is 0 Å². The van der Waals surface area contributed by atoms with Crippen LogP contribution in [0, 0.1) is 5.41 Å². The lowest BCUT2D eigenvalue weighted by molar-refractivity contribution is -0.311. The average molecular weight is 472 g/mol. The Morgan fingerprint density at radius 1 is 1.16 bits per heavy atom. The van der Waals surface area contributed by atoms with Gasteiger partial charge in [0.2, 0.25) is 0 Å². The number of halogens is 4. The van der Waals surface area contributed by atoms with Crippen LogP contribution in [0.2, 0.25) is 5.02 Å². The molecule has 32 heavy (non-hydrogen) atoms. The summed E-state index contributed by atoms with van der Waals surface area (Å²) in [5.74, 6) is -1.09. The summed E-state index contributed by atoms with van der Waals surface area (Å²) in [6, 6.07) is 2.74. The summed E-state index contributed by atoms with van der Waals surface area (Å²) < 4.78 is 53.9. The van der Waals surface area contributed by atoms with E-state index in [9.17, 15) is 18.0 Å². The maximum Gasteiger partial charge on any atom is 0.433 e. The van der Waals surface area contributed by atoms with Crippen molar-refractivity contribution in [2.75, 3.05) is 26.3 Å². The number of hydrogen-bond donors (Lipinski definition) is 0. The van der Waals surface area contributed by atoms with E-state index in [1.54, 1.807) is 11.0 Å². The fraction of sp³-hybridized carbons (Fsp3) is 0.636. The van der Waals surface area contributed by atoms with Crippen molar-refractivity contribution in [2.24, 2.45) is 5.41 Å². The summed E-state index contributed by atoms with van der Waals surface area (Å²) in [7, 11) is 0. The summed E-state index contributed by atoms with van der Waals surface area (Å²) >= 11 is 6.42. The quantitative estimate of drug-likeness (QED) is 0.626. The van der Waals surface area contributed by atoms with E-state index in [0.717, 1.165) is 23.4 Å². The molecule has 4 heterocycles. The predicted octanol–water partition coefficient (Wildman–Crippen LogP) is 4.89. The second kappa shape index (κ2) is 7.33. The van der Waals surface area contributed by atoms with E-state index < -0.39 is 23.6 Å². The lowest BCUT2D eigenvalue weighted by Gasteiger charge is -2.47. The van der Waals surface area contributed by atoms with Crippen molar-refractivity contribution in [1.82, 2.24) is 14.5 Å². The van der Waals surface area contributed by atoms with Crippen LogP contribution >= 0.6 is 11.6 Å². The fourth-order valence-corrected chi connectivity index (χ4v) is 4.61. The average Bonchev–Trinajstić information content (AvgIpc) is 3.54. The number of nitrogens with zero attached hydrogens (tertiary/aromatic N) is 3. The van der Waals surface area contributed by atoms with Crippen LogP contribution in [0.4, 0.5) is 13.2 Å². The highest BCUT2D eigenvalue weighted by Gasteiger charge is 2.44. The normalized spacial score (nSPS) is 23.1. The number of aromatic nitrogens is 2. The smallest absolute Gasteiger partial charge is 0.349 e. The molecular formula is C22H25ClF3N3O3. The maximum absolute atomic E-state index is 13.7. The van der Waals surface area contributed by atoms with E-state index >= 15 is 0 Å². The molecule has 1 amide bonds. The van der Waals surface area contributed by atoms with E-state index in [0.29, 0.717) is 44.7 Å². The standard InChI is InChI=1S/C22H25ClF3N3O3/c1-20(2)11-31-21(32-12-20)5-7-28(8-6-21)19(30)18-17(23)15-9-14(13-3-4-13)10-16(22(24,25)26)29(15)27-18/h9-10,13H,3-8,11-12H2,1-2H3. The zero-order valence-electron chi connectivity index (χ0n) is 18.0. The van der Waals surface area contributed by atoms with Crippen molar-refractivity contribution >= 4 is 23.0 Å². The number of rotatable bonds is 2. The Morgan fingerprint density at radius 3 is 2.34 bits per heavy atom. The van der Waals surface area contributed by atoms with E-state index in [4.69, 9.17) is 21.1 Å². The highest BCUT2D eigenvalue weighted by atomic mass is 35.5. The molecule has 2 saturated heterocycles. The number of ether oxygens (including phenoxy) is 2. The molecule has 1 spiro atoms. The van der Waals surface area contributed by atoms with Gasteiger partial charge in [0.15, 0.2) is 11.5 Å². The minimum Gasteiger partial charge on any atom is -0.349 e. The SMILES string of the molecule is CC1(C)COC2(CCN(C(=O)c3nn4c(C(F)(F)F)cc(C5CC5)cc4c3Cl)CC2)OC1. The first-order valence-electron chi connectivity index (χ1n) is 10.8. The minimum atomic E-state index is -4.61. The van der Waals surface area contributed by atoms with Crippen molar-refractivity contribution < 1.29 is 27.4 Å². The maximum atomic E-state index is 13.7. The molecule has 2 aliphatic heterocycles. The van der Waals surface area contributed by atoms with Crippen LogP contribution < -0.4 is 0 Å². The van der Waals surface area contributed by atoms with Crippen molar-refractivity contribution in [2.45, 2.75) is 57.4 Å². The number of carbonyl (C=O) groups is 1. The Hall–Kier alpha value is -1.84. The van der Waals surface area contributed by atoms with Gasteiger partial charge in [-0.15, -0.1) is 0 Å². The first kappa shape index (κ1) is 22.0. The number of hydrogen-bond acceptors (Lipinski definition) is 4. The molecule has 0 radical (unpaired) electrons. The highest BCUT2D eigenvalue weighted by Crippen LogP contribution is 2.44. The van der Waals surface area contributed by atoms with Gasteiger partial charge in [-0.05, 0) is 36.5 Å². The monoisotopic (exact) mass is 471 g/mol. The van der Waals surface area contributed by atoms with Gasteiger partial charge < -0.3 is 14.4 Å². The molecule has 174 valence electrons. The zero-order chi connectivity index (χ0) is 22.9. The number of pyridine rings is 1. The molecule has 0 bridgehead atoms. The van der Waals surface area contributed by atoms with Crippen LogP contribution in [-0.4, -0.2) is 52.5 Å². The third-order valence-corrected chi connectivity index (χ3v) is 6.87. The zero-order valence-corrected chi connectivity index (χ0v) is 18.7. The van der Waals surface area contributed by atoms with Gasteiger partial charge in [0.1, 0.15) is 5.69 Å². The molecule has 0 unspecified atom stereocenters. The molecule has 0 aromatic carbocycles. The van der Waals surface area contributed by atoms with Gasteiger partial charge in [0.25, 0.3) is 5.91 Å². The Morgan fingerprint density at radius 2 is 1.78 bits per heavy atom. The van der Waals surface area contributed by atoms with E-state index in [1.165, 1.54) is 0 Å². The molecule has 3 fully saturated rings. The molecule has 0 atom stereocenters. The number of amides is 1. The van der Waals surface area contributed by atoms with Gasteiger partial charge in [-0.3, -0.25) is 4.79 Å². The molecule has 10 heteroatoms. The predicted molar refractivity (Wildman–Crippen MR) is 111 cm³/mol. The molecule has 2 aromatic rings. The molecule has 2 aromatic heterocycles. The Bertz CT molecular complexity index is 1060. The van der Waals surface area contributed by atoms with Gasteiger partial charge in [-0.25, -0.2) is 4.52 Å². The molecular weight excluding hydrogens is 447 g/mol. The van der Waals surface area contributed by atoms with Gasteiger partial charge in [0, 0.05) is 31.3 Å². The van der Waals surface area contributed by atoms with Crippen LogP contribution in [0.1, 0.15) is 67.2 Å². The highest BCUT2D eigenvalue weighted by molar-refractivity contribution is 6.36. The lowest BCUT2D eigenvalue weighted by atomic mass is 9.92. The van der Waals surface area contributed by atoms with E-state index in [-0.39, 0.29) is 27.6 Å². The Kier molecular flexibility index (Phi) is 5.04. The first-order chi connectivity index (χ1) is 15.0. The Balaban J connectivity index is 1.40. The number of piperidine rings is 1. The van der Waals surface area contributed by atoms with Gasteiger partial charge >= 0.3 is 6.18 Å². The lowest BCUT2D eigenvalue weighted by Crippen LogP contribution is -2.54. The molecule has 5 rings (SSSR count). The summed E-state index contributed by atoms with van der Waals surface area (Å²) in [6.07, 6.45) is -1.94.